The van der Waals surface area contributed by atoms with E-state index in [4.69, 9.17) is 0 Å². The molecule has 12 heavy (non-hydrogen) atoms. The molecule has 0 atom stereocenters. The first-order valence-electron chi connectivity index (χ1n) is 4.39. The SMILES string of the molecule is CN(C)CCNCCNN(C)C. The maximum Gasteiger partial charge on any atom is 0.0227 e. The third-order valence-electron chi connectivity index (χ3n) is 1.47. The number of hydrazine groups is 1. The first kappa shape index (κ1) is 11.8. The third kappa shape index (κ3) is 9.84. The number of hydrogen-bond acceptors (Lipinski definition) is 4. The highest BCUT2D eigenvalue weighted by atomic mass is 15.5. The smallest absolute Gasteiger partial charge is 0.0227 e. The van der Waals surface area contributed by atoms with E-state index in [1.54, 1.807) is 0 Å². The molecule has 0 aromatic heterocycles. The van der Waals surface area contributed by atoms with Gasteiger partial charge in [0, 0.05) is 40.3 Å². The van der Waals surface area contributed by atoms with Gasteiger partial charge in [-0.1, -0.05) is 0 Å². The topological polar surface area (TPSA) is 30.5 Å². The van der Waals surface area contributed by atoms with E-state index < -0.39 is 0 Å². The minimum absolute atomic E-state index is 0.987. The van der Waals surface area contributed by atoms with Gasteiger partial charge in [-0.05, 0) is 14.1 Å². The van der Waals surface area contributed by atoms with Gasteiger partial charge in [-0.3, -0.25) is 10.4 Å². The van der Waals surface area contributed by atoms with Crippen molar-refractivity contribution in [3.63, 3.8) is 0 Å². The highest BCUT2D eigenvalue weighted by Gasteiger charge is 1.90. The van der Waals surface area contributed by atoms with Crippen molar-refractivity contribution in [1.29, 1.82) is 0 Å². The van der Waals surface area contributed by atoms with Gasteiger partial charge in [0.1, 0.15) is 0 Å². The van der Waals surface area contributed by atoms with E-state index in [0.29, 0.717) is 0 Å². The summed E-state index contributed by atoms with van der Waals surface area (Å²) in [5, 5.41) is 5.31. The molecule has 0 spiro atoms. The van der Waals surface area contributed by atoms with Crippen LogP contribution in [0.25, 0.3) is 0 Å². The highest BCUT2D eigenvalue weighted by molar-refractivity contribution is 4.51. The molecule has 0 aromatic carbocycles. The van der Waals surface area contributed by atoms with Crippen molar-refractivity contribution >= 4 is 0 Å². The fourth-order valence-corrected chi connectivity index (χ4v) is 0.796. The molecule has 0 saturated heterocycles. The predicted molar refractivity (Wildman–Crippen MR) is 53.1 cm³/mol. The summed E-state index contributed by atoms with van der Waals surface area (Å²) in [7, 11) is 8.17. The standard InChI is InChI=1S/C8H22N4/c1-11(2)8-7-9-5-6-10-12(3)4/h9-10H,5-8H2,1-4H3. The maximum absolute atomic E-state index is 3.34. The normalized spacial score (nSPS) is 11.5. The molecule has 0 fully saturated rings. The molecule has 2 N–H and O–H groups in total. The van der Waals surface area contributed by atoms with E-state index >= 15 is 0 Å². The molecule has 74 valence electrons. The average Bonchev–Trinajstić information content (AvgIpc) is 1.95. The van der Waals surface area contributed by atoms with Crippen LogP contribution in [-0.2, 0) is 0 Å². The Morgan fingerprint density at radius 1 is 0.917 bits per heavy atom. The van der Waals surface area contributed by atoms with E-state index in [0.717, 1.165) is 26.2 Å². The molecule has 0 aromatic rings. The van der Waals surface area contributed by atoms with Crippen molar-refractivity contribution in [1.82, 2.24) is 20.7 Å². The molecule has 0 unspecified atom stereocenters. The molecule has 0 aliphatic heterocycles. The van der Waals surface area contributed by atoms with Gasteiger partial charge in [0.25, 0.3) is 0 Å². The van der Waals surface area contributed by atoms with Crippen molar-refractivity contribution in [3.8, 4) is 0 Å². The summed E-state index contributed by atoms with van der Waals surface area (Å²) in [6, 6.07) is 0. The van der Waals surface area contributed by atoms with Crippen LogP contribution in [-0.4, -0.2) is 64.3 Å². The van der Waals surface area contributed by atoms with Crippen LogP contribution in [0.1, 0.15) is 0 Å². The van der Waals surface area contributed by atoms with E-state index in [2.05, 4.69) is 29.7 Å². The summed E-state index contributed by atoms with van der Waals surface area (Å²) in [5.41, 5.74) is 3.19. The zero-order chi connectivity index (χ0) is 9.40. The highest BCUT2D eigenvalue weighted by Crippen LogP contribution is 1.70. The Balaban J connectivity index is 2.91. The lowest BCUT2D eigenvalue weighted by molar-refractivity contribution is 0.288. The number of hydrogen-bond donors (Lipinski definition) is 2. The summed E-state index contributed by atoms with van der Waals surface area (Å²) in [6.45, 7) is 4.16. The Hall–Kier alpha value is -0.160. The van der Waals surface area contributed by atoms with Crippen LogP contribution in [0.4, 0.5) is 0 Å². The largest absolute Gasteiger partial charge is 0.314 e. The van der Waals surface area contributed by atoms with Gasteiger partial charge in [0.15, 0.2) is 0 Å². The molecule has 0 rings (SSSR count). The van der Waals surface area contributed by atoms with E-state index in [9.17, 15) is 0 Å². The summed E-state index contributed by atoms with van der Waals surface area (Å²) in [4.78, 5) is 2.17. The molecule has 0 aliphatic carbocycles. The summed E-state index contributed by atoms with van der Waals surface area (Å²) < 4.78 is 0. The quantitative estimate of drug-likeness (QED) is 0.391. The molecule has 0 amide bonds. The molecule has 0 bridgehead atoms. The Labute approximate surface area is 75.9 Å². The van der Waals surface area contributed by atoms with Gasteiger partial charge in [0.05, 0.1) is 0 Å². The average molecular weight is 174 g/mol. The number of nitrogens with zero attached hydrogens (tertiary/aromatic N) is 2. The van der Waals surface area contributed by atoms with Crippen molar-refractivity contribution in [2.75, 3.05) is 54.4 Å². The van der Waals surface area contributed by atoms with Gasteiger partial charge >= 0.3 is 0 Å². The van der Waals surface area contributed by atoms with Gasteiger partial charge in [0.2, 0.25) is 0 Å². The lowest BCUT2D eigenvalue weighted by Gasteiger charge is -2.13. The second-order valence-electron chi connectivity index (χ2n) is 3.36. The molecular weight excluding hydrogens is 152 g/mol. The monoisotopic (exact) mass is 174 g/mol. The number of likely N-dealkylation sites (N-methyl/N-ethyl adjacent to an activating group) is 1. The minimum Gasteiger partial charge on any atom is -0.314 e. The summed E-state index contributed by atoms with van der Waals surface area (Å²) >= 11 is 0. The molecular formula is C8H22N4. The van der Waals surface area contributed by atoms with E-state index in [1.807, 2.05) is 19.1 Å². The molecule has 4 nitrogen and oxygen atoms in total. The second-order valence-corrected chi connectivity index (χ2v) is 3.36. The first-order chi connectivity index (χ1) is 5.63. The Bertz CT molecular complexity index is 81.1. The Kier molecular flexibility index (Phi) is 7.39. The van der Waals surface area contributed by atoms with Crippen LogP contribution in [0.3, 0.4) is 0 Å². The Morgan fingerprint density at radius 3 is 2.08 bits per heavy atom. The van der Waals surface area contributed by atoms with Gasteiger partial charge < -0.3 is 10.2 Å². The van der Waals surface area contributed by atoms with Crippen molar-refractivity contribution in [3.05, 3.63) is 0 Å². The summed E-state index contributed by atoms with van der Waals surface area (Å²) in [5.74, 6) is 0. The van der Waals surface area contributed by atoms with Gasteiger partial charge in [-0.2, -0.15) is 0 Å². The van der Waals surface area contributed by atoms with Crippen LogP contribution in [0.15, 0.2) is 0 Å². The van der Waals surface area contributed by atoms with E-state index in [1.165, 1.54) is 0 Å². The Morgan fingerprint density at radius 2 is 1.58 bits per heavy atom. The lowest BCUT2D eigenvalue weighted by atomic mass is 10.5. The van der Waals surface area contributed by atoms with Crippen LogP contribution >= 0.6 is 0 Å². The van der Waals surface area contributed by atoms with Crippen molar-refractivity contribution in [2.45, 2.75) is 0 Å². The fraction of sp³-hybridized carbons (Fsp3) is 1.00. The molecule has 4 heteroatoms. The fourth-order valence-electron chi connectivity index (χ4n) is 0.796. The maximum atomic E-state index is 3.34. The number of nitrogens with one attached hydrogen (secondary N) is 2. The molecule has 0 radical (unpaired) electrons. The van der Waals surface area contributed by atoms with Crippen LogP contribution in [0.5, 0.6) is 0 Å². The van der Waals surface area contributed by atoms with Crippen molar-refractivity contribution in [2.24, 2.45) is 0 Å². The third-order valence-corrected chi connectivity index (χ3v) is 1.47. The minimum atomic E-state index is 0.987. The van der Waals surface area contributed by atoms with Crippen molar-refractivity contribution < 1.29 is 0 Å². The van der Waals surface area contributed by atoms with E-state index in [-0.39, 0.29) is 0 Å². The second kappa shape index (κ2) is 7.49. The van der Waals surface area contributed by atoms with Crippen LogP contribution < -0.4 is 10.7 Å². The number of rotatable bonds is 7. The molecule has 0 saturated carbocycles. The zero-order valence-electron chi connectivity index (χ0n) is 8.72. The lowest BCUT2D eigenvalue weighted by Crippen LogP contribution is -2.37. The molecule has 0 aliphatic rings. The van der Waals surface area contributed by atoms with Gasteiger partial charge in [-0.25, -0.2) is 0 Å². The molecule has 0 heterocycles. The zero-order valence-corrected chi connectivity index (χ0v) is 8.72. The summed E-state index contributed by atoms with van der Waals surface area (Å²) in [6.07, 6.45) is 0. The van der Waals surface area contributed by atoms with Gasteiger partial charge in [-0.15, -0.1) is 0 Å². The first-order valence-corrected chi connectivity index (χ1v) is 4.39. The van der Waals surface area contributed by atoms with Crippen LogP contribution in [0.2, 0.25) is 0 Å². The predicted octanol–water partition coefficient (Wildman–Crippen LogP) is -0.796. The van der Waals surface area contributed by atoms with Crippen LogP contribution in [0, 0.1) is 0 Å².